The van der Waals surface area contributed by atoms with E-state index in [0.29, 0.717) is 10.6 Å². The molecular weight excluding hydrogens is 427 g/mol. The lowest BCUT2D eigenvalue weighted by Crippen LogP contribution is -2.50. The summed E-state index contributed by atoms with van der Waals surface area (Å²) in [5, 5.41) is 1.32. The number of hydrazine groups is 1. The highest BCUT2D eigenvalue weighted by Gasteiger charge is 2.51. The molecule has 0 aromatic heterocycles. The molecule has 0 radical (unpaired) electrons. The molecule has 10 heteroatoms. The maximum absolute atomic E-state index is 13.3. The van der Waals surface area contributed by atoms with Crippen molar-refractivity contribution < 1.29 is 21.6 Å². The molecule has 1 aliphatic heterocycles. The number of benzene rings is 2. The van der Waals surface area contributed by atoms with Gasteiger partial charge >= 0.3 is 6.18 Å². The standard InChI is InChI=1S/C19H21ClF3N3O2S/c1-24(2)29(27,28)26-18(15-8-10-16(20)11-9-15)17(14-6-4-3-5-7-14)12-25(26)13-19(21,22)23/h3-11,17-18H,12-13H2,1-2H3. The zero-order valence-electron chi connectivity index (χ0n) is 15.8. The molecule has 0 aliphatic carbocycles. The highest BCUT2D eigenvalue weighted by molar-refractivity contribution is 7.86. The monoisotopic (exact) mass is 447 g/mol. The van der Waals surface area contributed by atoms with Crippen LogP contribution in [0.15, 0.2) is 54.6 Å². The summed E-state index contributed by atoms with van der Waals surface area (Å²) in [6.07, 6.45) is -4.56. The smallest absolute Gasteiger partial charge is 0.217 e. The molecule has 29 heavy (non-hydrogen) atoms. The Labute approximate surface area is 173 Å². The Morgan fingerprint density at radius 2 is 1.62 bits per heavy atom. The van der Waals surface area contributed by atoms with Crippen molar-refractivity contribution in [2.45, 2.75) is 18.1 Å². The number of hydrogen-bond donors (Lipinski definition) is 0. The van der Waals surface area contributed by atoms with Gasteiger partial charge in [-0.3, -0.25) is 0 Å². The summed E-state index contributed by atoms with van der Waals surface area (Å²) in [6, 6.07) is 14.6. The quantitative estimate of drug-likeness (QED) is 0.694. The van der Waals surface area contributed by atoms with Gasteiger partial charge in [0.1, 0.15) is 6.54 Å². The van der Waals surface area contributed by atoms with Crippen LogP contribution in [0.2, 0.25) is 5.02 Å². The molecule has 0 N–H and O–H groups in total. The van der Waals surface area contributed by atoms with E-state index in [0.717, 1.165) is 19.3 Å². The minimum absolute atomic E-state index is 0.0934. The normalized spacial score (nSPS) is 21.8. The van der Waals surface area contributed by atoms with E-state index in [1.807, 2.05) is 0 Å². The summed E-state index contributed by atoms with van der Waals surface area (Å²) in [7, 11) is -1.58. The fourth-order valence-corrected chi connectivity index (χ4v) is 4.98. The van der Waals surface area contributed by atoms with Crippen molar-refractivity contribution in [3.05, 3.63) is 70.7 Å². The van der Waals surface area contributed by atoms with E-state index in [1.54, 1.807) is 54.6 Å². The van der Waals surface area contributed by atoms with Gasteiger partial charge in [-0.1, -0.05) is 54.1 Å². The van der Waals surface area contributed by atoms with Gasteiger partial charge in [0.25, 0.3) is 10.2 Å². The fourth-order valence-electron chi connectivity index (χ4n) is 3.54. The maximum atomic E-state index is 13.3. The van der Waals surface area contributed by atoms with Gasteiger partial charge in [0.2, 0.25) is 0 Å². The Balaban J connectivity index is 2.17. The van der Waals surface area contributed by atoms with Crippen LogP contribution in [0, 0.1) is 0 Å². The van der Waals surface area contributed by atoms with Gasteiger partial charge in [-0.2, -0.15) is 25.9 Å². The van der Waals surface area contributed by atoms with Gasteiger partial charge in [-0.05, 0) is 23.3 Å². The molecular formula is C19H21ClF3N3O2S. The van der Waals surface area contributed by atoms with Crippen LogP contribution in [-0.2, 0) is 10.2 Å². The summed E-state index contributed by atoms with van der Waals surface area (Å²) in [4.78, 5) is 0. The maximum Gasteiger partial charge on any atom is 0.402 e. The minimum atomic E-state index is -4.56. The van der Waals surface area contributed by atoms with Crippen molar-refractivity contribution in [1.82, 2.24) is 13.7 Å². The Hall–Kier alpha value is -1.65. The van der Waals surface area contributed by atoms with Crippen LogP contribution in [0.25, 0.3) is 0 Å². The zero-order chi connectivity index (χ0) is 21.4. The van der Waals surface area contributed by atoms with Gasteiger partial charge in [0.05, 0.1) is 6.04 Å². The van der Waals surface area contributed by atoms with E-state index in [-0.39, 0.29) is 6.54 Å². The lowest BCUT2D eigenvalue weighted by atomic mass is 9.89. The van der Waals surface area contributed by atoms with Crippen LogP contribution in [0.3, 0.4) is 0 Å². The second-order valence-electron chi connectivity index (χ2n) is 7.04. The van der Waals surface area contributed by atoms with E-state index in [1.165, 1.54) is 14.1 Å². The molecule has 1 fully saturated rings. The predicted octanol–water partition coefficient (Wildman–Crippen LogP) is 4.07. The Morgan fingerprint density at radius 3 is 2.14 bits per heavy atom. The van der Waals surface area contributed by atoms with Gasteiger partial charge in [0, 0.05) is 31.6 Å². The molecule has 1 aliphatic rings. The first-order valence-electron chi connectivity index (χ1n) is 8.84. The number of alkyl halides is 3. The van der Waals surface area contributed by atoms with Crippen LogP contribution in [0.5, 0.6) is 0 Å². The average Bonchev–Trinajstić information content (AvgIpc) is 3.01. The van der Waals surface area contributed by atoms with Crippen molar-refractivity contribution in [2.75, 3.05) is 27.2 Å². The first-order valence-corrected chi connectivity index (χ1v) is 10.6. The summed E-state index contributed by atoms with van der Waals surface area (Å²) in [6.45, 7) is -1.46. The summed E-state index contributed by atoms with van der Waals surface area (Å²) < 4.78 is 67.8. The van der Waals surface area contributed by atoms with Crippen molar-refractivity contribution in [3.8, 4) is 0 Å². The molecule has 2 atom stereocenters. The molecule has 158 valence electrons. The van der Waals surface area contributed by atoms with Gasteiger partial charge < -0.3 is 0 Å². The van der Waals surface area contributed by atoms with E-state index < -0.39 is 34.9 Å². The first kappa shape index (κ1) is 22.0. The first-order chi connectivity index (χ1) is 13.5. The van der Waals surface area contributed by atoms with E-state index in [2.05, 4.69) is 0 Å². The molecule has 0 spiro atoms. The average molecular weight is 448 g/mol. The van der Waals surface area contributed by atoms with Crippen LogP contribution < -0.4 is 0 Å². The van der Waals surface area contributed by atoms with Crippen LogP contribution in [0.4, 0.5) is 13.2 Å². The molecule has 0 bridgehead atoms. The highest BCUT2D eigenvalue weighted by Crippen LogP contribution is 2.46. The zero-order valence-corrected chi connectivity index (χ0v) is 17.4. The molecule has 2 unspecified atom stereocenters. The molecule has 1 saturated heterocycles. The predicted molar refractivity (Wildman–Crippen MR) is 105 cm³/mol. The Bertz CT molecular complexity index is 937. The minimum Gasteiger partial charge on any atom is -0.217 e. The van der Waals surface area contributed by atoms with Crippen molar-refractivity contribution >= 4 is 21.8 Å². The largest absolute Gasteiger partial charge is 0.402 e. The Morgan fingerprint density at radius 1 is 1.03 bits per heavy atom. The topological polar surface area (TPSA) is 43.9 Å². The number of hydrogen-bond acceptors (Lipinski definition) is 3. The molecule has 1 heterocycles. The third kappa shape index (κ3) is 4.75. The molecule has 3 rings (SSSR count). The molecule has 5 nitrogen and oxygen atoms in total. The lowest BCUT2D eigenvalue weighted by molar-refractivity contribution is -0.162. The highest BCUT2D eigenvalue weighted by atomic mass is 35.5. The second-order valence-corrected chi connectivity index (χ2v) is 9.48. The van der Waals surface area contributed by atoms with Gasteiger partial charge in [0.15, 0.2) is 0 Å². The van der Waals surface area contributed by atoms with Crippen molar-refractivity contribution in [3.63, 3.8) is 0 Å². The van der Waals surface area contributed by atoms with E-state index in [4.69, 9.17) is 11.6 Å². The summed E-state index contributed by atoms with van der Waals surface area (Å²) in [5.41, 5.74) is 1.33. The number of rotatable bonds is 5. The second kappa shape index (κ2) is 8.23. The number of halogens is 4. The van der Waals surface area contributed by atoms with Gasteiger partial charge in [-0.25, -0.2) is 5.01 Å². The van der Waals surface area contributed by atoms with Crippen LogP contribution in [-0.4, -0.2) is 55.5 Å². The summed E-state index contributed by atoms with van der Waals surface area (Å²) in [5.74, 6) is -0.491. The van der Waals surface area contributed by atoms with Crippen LogP contribution >= 0.6 is 11.6 Å². The van der Waals surface area contributed by atoms with E-state index in [9.17, 15) is 21.6 Å². The van der Waals surface area contributed by atoms with E-state index >= 15 is 0 Å². The molecule has 0 saturated carbocycles. The SMILES string of the molecule is CN(C)S(=O)(=O)N1C(c2ccc(Cl)cc2)C(c2ccccc2)CN1CC(F)(F)F. The van der Waals surface area contributed by atoms with Crippen molar-refractivity contribution in [1.29, 1.82) is 0 Å². The van der Waals surface area contributed by atoms with Crippen molar-refractivity contribution in [2.24, 2.45) is 0 Å². The number of nitrogens with zero attached hydrogens (tertiary/aromatic N) is 3. The lowest BCUT2D eigenvalue weighted by Gasteiger charge is -2.34. The van der Waals surface area contributed by atoms with Crippen LogP contribution in [0.1, 0.15) is 23.1 Å². The molecule has 2 aromatic rings. The fraction of sp³-hybridized carbons (Fsp3) is 0.368. The summed E-state index contributed by atoms with van der Waals surface area (Å²) >= 11 is 5.97. The van der Waals surface area contributed by atoms with Gasteiger partial charge in [-0.15, -0.1) is 4.41 Å². The third-order valence-corrected chi connectivity index (χ3v) is 6.91. The molecule has 2 aromatic carbocycles. The third-order valence-electron chi connectivity index (χ3n) is 4.80. The molecule has 0 amide bonds. The Kier molecular flexibility index (Phi) is 6.26.